The Kier molecular flexibility index (Phi) is 10.9. The van der Waals surface area contributed by atoms with Crippen LogP contribution in [-0.4, -0.2) is 70.0 Å². The van der Waals surface area contributed by atoms with E-state index in [1.807, 2.05) is 7.05 Å². The van der Waals surface area contributed by atoms with Gasteiger partial charge in [-0.3, -0.25) is 4.90 Å². The van der Waals surface area contributed by atoms with Gasteiger partial charge in [0.25, 0.3) is 0 Å². The number of hydrogen-bond donors (Lipinski definition) is 1. The average Bonchev–Trinajstić information content (AvgIpc) is 2.27. The lowest BCUT2D eigenvalue weighted by Crippen LogP contribution is -2.38. The van der Waals surface area contributed by atoms with E-state index in [9.17, 15) is 0 Å². The minimum atomic E-state index is 0.235. The largest absolute Gasteiger partial charge is 0.364 e. The minimum absolute atomic E-state index is 0.235. The fourth-order valence-electron chi connectivity index (χ4n) is 1.87. The summed E-state index contributed by atoms with van der Waals surface area (Å²) in [5.74, 6) is 0. The van der Waals surface area contributed by atoms with E-state index in [0.29, 0.717) is 0 Å². The number of hydrogen-bond acceptors (Lipinski definition) is 4. The molecule has 0 fully saturated rings. The van der Waals surface area contributed by atoms with Crippen LogP contribution in [0.25, 0.3) is 0 Å². The van der Waals surface area contributed by atoms with Crippen molar-refractivity contribution >= 4 is 0 Å². The van der Waals surface area contributed by atoms with Crippen molar-refractivity contribution in [3.63, 3.8) is 0 Å². The number of ether oxygens (including phenoxy) is 1. The summed E-state index contributed by atoms with van der Waals surface area (Å²) in [4.78, 5) is 4.67. The van der Waals surface area contributed by atoms with Crippen LogP contribution >= 0.6 is 0 Å². The third-order valence-electron chi connectivity index (χ3n) is 2.84. The topological polar surface area (TPSA) is 27.7 Å². The van der Waals surface area contributed by atoms with Gasteiger partial charge in [-0.2, -0.15) is 0 Å². The van der Waals surface area contributed by atoms with Gasteiger partial charge in [-0.15, -0.1) is 0 Å². The van der Waals surface area contributed by atoms with E-state index in [4.69, 9.17) is 4.74 Å². The molecule has 0 aliphatic carbocycles. The molecule has 0 saturated heterocycles. The van der Waals surface area contributed by atoms with Gasteiger partial charge in [0.15, 0.2) is 0 Å². The van der Waals surface area contributed by atoms with E-state index in [1.54, 1.807) is 0 Å². The van der Waals surface area contributed by atoms with Gasteiger partial charge in [-0.05, 0) is 60.9 Å². The van der Waals surface area contributed by atoms with E-state index in [-0.39, 0.29) is 6.23 Å². The molecule has 0 rings (SSSR count). The van der Waals surface area contributed by atoms with E-state index in [1.165, 1.54) is 12.8 Å². The Morgan fingerprint density at radius 3 is 2.29 bits per heavy atom. The summed E-state index contributed by atoms with van der Waals surface area (Å²) in [6.07, 6.45) is 2.61. The molecule has 0 aliphatic rings. The van der Waals surface area contributed by atoms with E-state index in [2.05, 4.69) is 43.1 Å². The van der Waals surface area contributed by atoms with Gasteiger partial charge in [0.05, 0.1) is 0 Å². The van der Waals surface area contributed by atoms with Gasteiger partial charge in [-0.25, -0.2) is 0 Å². The molecular weight excluding hydrogens is 214 g/mol. The van der Waals surface area contributed by atoms with Crippen LogP contribution in [0, 0.1) is 0 Å². The van der Waals surface area contributed by atoms with Crippen LogP contribution < -0.4 is 5.32 Å². The molecule has 17 heavy (non-hydrogen) atoms. The molecule has 0 bridgehead atoms. The zero-order valence-electron chi connectivity index (χ0n) is 12.3. The van der Waals surface area contributed by atoms with Crippen LogP contribution in [0.5, 0.6) is 0 Å². The maximum absolute atomic E-state index is 5.68. The first kappa shape index (κ1) is 16.8. The first-order valence-electron chi connectivity index (χ1n) is 6.76. The Labute approximate surface area is 107 Å². The lowest BCUT2D eigenvalue weighted by Gasteiger charge is -2.29. The Morgan fingerprint density at radius 1 is 1.12 bits per heavy atom. The molecule has 0 aromatic carbocycles. The number of nitrogens with one attached hydrogen (secondary N) is 1. The second-order valence-electron chi connectivity index (χ2n) is 4.70. The highest BCUT2D eigenvalue weighted by Gasteiger charge is 2.12. The van der Waals surface area contributed by atoms with Crippen LogP contribution in [0.15, 0.2) is 0 Å². The van der Waals surface area contributed by atoms with Gasteiger partial charge in [0.2, 0.25) is 0 Å². The highest BCUT2D eigenvalue weighted by Crippen LogP contribution is 2.04. The molecule has 0 aromatic rings. The molecule has 0 amide bonds. The predicted molar refractivity (Wildman–Crippen MR) is 74.4 cm³/mol. The summed E-state index contributed by atoms with van der Waals surface area (Å²) < 4.78 is 5.68. The van der Waals surface area contributed by atoms with Crippen LogP contribution in [0.4, 0.5) is 0 Å². The van der Waals surface area contributed by atoms with Crippen LogP contribution in [-0.2, 0) is 4.74 Å². The van der Waals surface area contributed by atoms with Gasteiger partial charge in [-0.1, -0.05) is 0 Å². The average molecular weight is 245 g/mol. The monoisotopic (exact) mass is 245 g/mol. The predicted octanol–water partition coefficient (Wildman–Crippen LogP) is 1.23. The standard InChI is InChI=1S/C13H31N3O/c1-6-17-13(2)16(11-7-9-14-3)12-8-10-15(4)5/h13-14H,6-12H2,1-5H3. The Balaban J connectivity index is 3.91. The molecule has 4 nitrogen and oxygen atoms in total. The quantitative estimate of drug-likeness (QED) is 0.438. The molecule has 104 valence electrons. The first-order valence-corrected chi connectivity index (χ1v) is 6.76. The molecule has 1 N–H and O–H groups in total. The zero-order chi connectivity index (χ0) is 13.1. The summed E-state index contributed by atoms with van der Waals surface area (Å²) in [5, 5.41) is 3.19. The van der Waals surface area contributed by atoms with Crippen LogP contribution in [0.1, 0.15) is 26.7 Å². The molecule has 0 aromatic heterocycles. The lowest BCUT2D eigenvalue weighted by atomic mass is 10.3. The van der Waals surface area contributed by atoms with Crippen molar-refractivity contribution in [1.29, 1.82) is 0 Å². The van der Waals surface area contributed by atoms with Gasteiger partial charge < -0.3 is 15.0 Å². The van der Waals surface area contributed by atoms with Crippen molar-refractivity contribution in [2.75, 3.05) is 53.9 Å². The zero-order valence-corrected chi connectivity index (χ0v) is 12.3. The van der Waals surface area contributed by atoms with Gasteiger partial charge >= 0.3 is 0 Å². The summed E-state index contributed by atoms with van der Waals surface area (Å²) in [6, 6.07) is 0. The highest BCUT2D eigenvalue weighted by atomic mass is 16.5. The van der Waals surface area contributed by atoms with Gasteiger partial charge in [0.1, 0.15) is 6.23 Å². The molecule has 0 heterocycles. The second kappa shape index (κ2) is 11.0. The van der Waals surface area contributed by atoms with Crippen molar-refractivity contribution in [1.82, 2.24) is 15.1 Å². The number of rotatable bonds is 11. The minimum Gasteiger partial charge on any atom is -0.364 e. The fourth-order valence-corrected chi connectivity index (χ4v) is 1.87. The normalized spacial score (nSPS) is 13.6. The Hall–Kier alpha value is -0.160. The third kappa shape index (κ3) is 9.53. The maximum Gasteiger partial charge on any atom is 0.107 e. The molecule has 0 spiro atoms. The summed E-state index contributed by atoms with van der Waals surface area (Å²) in [5.41, 5.74) is 0. The van der Waals surface area contributed by atoms with Crippen LogP contribution in [0.3, 0.4) is 0 Å². The SMILES string of the molecule is CCOC(C)N(CCCNC)CCCN(C)C. The summed E-state index contributed by atoms with van der Waals surface area (Å²) in [6.45, 7) is 9.43. The van der Waals surface area contributed by atoms with E-state index < -0.39 is 0 Å². The molecular formula is C13H31N3O. The molecule has 0 aliphatic heterocycles. The van der Waals surface area contributed by atoms with Crippen LogP contribution in [0.2, 0.25) is 0 Å². The van der Waals surface area contributed by atoms with E-state index >= 15 is 0 Å². The summed E-state index contributed by atoms with van der Waals surface area (Å²) in [7, 11) is 6.25. The van der Waals surface area contributed by atoms with E-state index in [0.717, 1.165) is 32.8 Å². The maximum atomic E-state index is 5.68. The van der Waals surface area contributed by atoms with Gasteiger partial charge in [0, 0.05) is 19.7 Å². The highest BCUT2D eigenvalue weighted by molar-refractivity contribution is 4.62. The summed E-state index contributed by atoms with van der Waals surface area (Å²) >= 11 is 0. The molecule has 1 unspecified atom stereocenters. The second-order valence-corrected chi connectivity index (χ2v) is 4.70. The lowest BCUT2D eigenvalue weighted by molar-refractivity contribution is -0.0433. The van der Waals surface area contributed by atoms with Crippen molar-refractivity contribution in [2.45, 2.75) is 32.9 Å². The Bertz CT molecular complexity index is 165. The van der Waals surface area contributed by atoms with Crippen molar-refractivity contribution in [3.05, 3.63) is 0 Å². The molecule has 1 atom stereocenters. The fraction of sp³-hybridized carbons (Fsp3) is 1.00. The van der Waals surface area contributed by atoms with Crippen molar-refractivity contribution in [2.24, 2.45) is 0 Å². The van der Waals surface area contributed by atoms with Crippen molar-refractivity contribution in [3.8, 4) is 0 Å². The van der Waals surface area contributed by atoms with Crippen molar-refractivity contribution < 1.29 is 4.74 Å². The Morgan fingerprint density at radius 2 is 1.76 bits per heavy atom. The first-order chi connectivity index (χ1) is 8.11. The number of nitrogens with zero attached hydrogens (tertiary/aromatic N) is 2. The molecule has 0 saturated carbocycles. The third-order valence-corrected chi connectivity index (χ3v) is 2.84. The molecule has 4 heteroatoms. The molecule has 0 radical (unpaired) electrons. The smallest absolute Gasteiger partial charge is 0.107 e.